The first-order valence-electron chi connectivity index (χ1n) is 9.38. The fourth-order valence-corrected chi connectivity index (χ4v) is 2.31. The maximum Gasteiger partial charge on any atom is 0.303 e. The predicted octanol–water partition coefficient (Wildman–Crippen LogP) is 6.07. The molecule has 0 bridgehead atoms. The zero-order valence-corrected chi connectivity index (χ0v) is 17.1. The van der Waals surface area contributed by atoms with Crippen LogP contribution in [-0.2, 0) is 25.8 Å². The van der Waals surface area contributed by atoms with E-state index in [2.05, 4.69) is 0 Å². The second-order valence-corrected chi connectivity index (χ2v) is 7.42. The Morgan fingerprint density at radius 2 is 1.19 bits per heavy atom. The highest BCUT2D eigenvalue weighted by atomic mass is 17.2. The summed E-state index contributed by atoms with van der Waals surface area (Å²) in [6.45, 7) is 9.99. The molecule has 2 rings (SSSR count). The molecule has 0 saturated heterocycles. The van der Waals surface area contributed by atoms with Gasteiger partial charge in [-0.15, -0.1) is 0 Å². The van der Waals surface area contributed by atoms with Crippen molar-refractivity contribution in [1.82, 2.24) is 0 Å². The van der Waals surface area contributed by atoms with E-state index in [-0.39, 0.29) is 0 Å². The smallest absolute Gasteiger partial charge is 0.303 e. The van der Waals surface area contributed by atoms with Gasteiger partial charge < -0.3 is 5.11 Å². The van der Waals surface area contributed by atoms with E-state index in [1.807, 2.05) is 95.3 Å². The standard InChI is InChI=1S/C18H22O2.C5H10O2/c1-17(2,15-11-7-5-8-12-15)19-20-18(3,4)16-13-9-6-10-14-16;1-2-3-4-5(6)7/h5-14H,1-4H3;2-4H2,1H3,(H,6,7). The summed E-state index contributed by atoms with van der Waals surface area (Å²) >= 11 is 0. The fourth-order valence-electron chi connectivity index (χ4n) is 2.31. The molecule has 0 fully saturated rings. The summed E-state index contributed by atoms with van der Waals surface area (Å²) in [6, 6.07) is 20.2. The Morgan fingerprint density at radius 1 is 0.815 bits per heavy atom. The van der Waals surface area contributed by atoms with Crippen LogP contribution in [-0.4, -0.2) is 11.1 Å². The van der Waals surface area contributed by atoms with E-state index in [4.69, 9.17) is 14.9 Å². The number of aliphatic carboxylic acids is 1. The molecule has 0 amide bonds. The van der Waals surface area contributed by atoms with Gasteiger partial charge in [-0.05, 0) is 45.2 Å². The monoisotopic (exact) mass is 372 g/mol. The largest absolute Gasteiger partial charge is 0.481 e. The average Bonchev–Trinajstić information content (AvgIpc) is 2.67. The fraction of sp³-hybridized carbons (Fsp3) is 0.435. The number of rotatable bonds is 8. The summed E-state index contributed by atoms with van der Waals surface area (Å²) in [7, 11) is 0. The summed E-state index contributed by atoms with van der Waals surface area (Å²) in [5.74, 6) is -0.693. The molecule has 2 aromatic rings. The van der Waals surface area contributed by atoms with Gasteiger partial charge in [0.2, 0.25) is 0 Å². The average molecular weight is 373 g/mol. The van der Waals surface area contributed by atoms with Crippen LogP contribution in [0, 0.1) is 0 Å². The van der Waals surface area contributed by atoms with E-state index < -0.39 is 17.2 Å². The van der Waals surface area contributed by atoms with Crippen molar-refractivity contribution in [2.75, 3.05) is 0 Å². The van der Waals surface area contributed by atoms with Gasteiger partial charge in [0, 0.05) is 6.42 Å². The predicted molar refractivity (Wildman–Crippen MR) is 108 cm³/mol. The van der Waals surface area contributed by atoms with Crippen molar-refractivity contribution < 1.29 is 19.7 Å². The number of carboxylic acids is 1. The lowest BCUT2D eigenvalue weighted by Crippen LogP contribution is -2.29. The Hall–Kier alpha value is -2.17. The minimum absolute atomic E-state index is 0.316. The van der Waals surface area contributed by atoms with Gasteiger partial charge in [-0.3, -0.25) is 4.79 Å². The van der Waals surface area contributed by atoms with Gasteiger partial charge in [0.1, 0.15) is 11.2 Å². The number of carboxylic acid groups (broad SMARTS) is 1. The first-order valence-corrected chi connectivity index (χ1v) is 9.38. The molecule has 4 nitrogen and oxygen atoms in total. The zero-order valence-electron chi connectivity index (χ0n) is 17.1. The molecule has 0 radical (unpaired) electrons. The Morgan fingerprint density at radius 3 is 1.44 bits per heavy atom. The summed E-state index contributed by atoms with van der Waals surface area (Å²) in [6.07, 6.45) is 2.08. The van der Waals surface area contributed by atoms with Crippen LogP contribution in [0.5, 0.6) is 0 Å². The lowest BCUT2D eigenvalue weighted by atomic mass is 9.98. The van der Waals surface area contributed by atoms with Crippen LogP contribution < -0.4 is 0 Å². The normalized spacial score (nSPS) is 11.4. The first kappa shape index (κ1) is 22.9. The molecule has 0 aromatic heterocycles. The van der Waals surface area contributed by atoms with Crippen molar-refractivity contribution in [3.05, 3.63) is 71.8 Å². The molecule has 0 unspecified atom stereocenters. The van der Waals surface area contributed by atoms with Crippen LogP contribution in [0.1, 0.15) is 65.0 Å². The van der Waals surface area contributed by atoms with E-state index in [1.54, 1.807) is 0 Å². The van der Waals surface area contributed by atoms with Crippen molar-refractivity contribution in [3.63, 3.8) is 0 Å². The molecule has 0 aliphatic heterocycles. The molecule has 148 valence electrons. The Bertz CT molecular complexity index is 612. The van der Waals surface area contributed by atoms with E-state index in [1.165, 1.54) is 0 Å². The maximum absolute atomic E-state index is 9.76. The highest BCUT2D eigenvalue weighted by Crippen LogP contribution is 2.31. The van der Waals surface area contributed by atoms with Crippen molar-refractivity contribution >= 4 is 5.97 Å². The van der Waals surface area contributed by atoms with Crippen molar-refractivity contribution in [2.45, 2.75) is 65.1 Å². The summed E-state index contributed by atoms with van der Waals surface area (Å²) in [5, 5.41) is 8.04. The Labute approximate surface area is 163 Å². The van der Waals surface area contributed by atoms with E-state index in [0.717, 1.165) is 24.0 Å². The summed E-state index contributed by atoms with van der Waals surface area (Å²) < 4.78 is 0. The molecule has 0 saturated carbocycles. The Kier molecular flexibility index (Phi) is 9.19. The molecule has 0 spiro atoms. The molecule has 0 aliphatic carbocycles. The molecular weight excluding hydrogens is 340 g/mol. The highest BCUT2D eigenvalue weighted by molar-refractivity contribution is 5.66. The SMILES string of the molecule is CC(C)(OOC(C)(C)c1ccccc1)c1ccccc1.CCCCC(=O)O. The summed E-state index contributed by atoms with van der Waals surface area (Å²) in [4.78, 5) is 21.2. The van der Waals surface area contributed by atoms with Gasteiger partial charge in [0.05, 0.1) is 0 Å². The van der Waals surface area contributed by atoms with E-state index in [0.29, 0.717) is 6.42 Å². The molecule has 0 atom stereocenters. The quantitative estimate of drug-likeness (QED) is 0.451. The number of carbonyl (C=O) groups is 1. The van der Waals surface area contributed by atoms with Crippen LogP contribution in [0.25, 0.3) is 0 Å². The van der Waals surface area contributed by atoms with Gasteiger partial charge in [0.25, 0.3) is 0 Å². The third-order valence-corrected chi connectivity index (χ3v) is 4.14. The molecular formula is C23H32O4. The molecule has 1 N–H and O–H groups in total. The van der Waals surface area contributed by atoms with E-state index in [9.17, 15) is 4.79 Å². The van der Waals surface area contributed by atoms with Crippen LogP contribution in [0.15, 0.2) is 60.7 Å². The minimum atomic E-state index is -0.693. The second-order valence-electron chi connectivity index (χ2n) is 7.42. The number of unbranched alkanes of at least 4 members (excludes halogenated alkanes) is 1. The maximum atomic E-state index is 9.76. The first-order chi connectivity index (χ1) is 12.7. The van der Waals surface area contributed by atoms with Gasteiger partial charge in [-0.25, -0.2) is 9.78 Å². The van der Waals surface area contributed by atoms with Crippen molar-refractivity contribution in [1.29, 1.82) is 0 Å². The molecule has 0 aliphatic rings. The molecule has 4 heteroatoms. The zero-order chi connectivity index (χ0) is 20.3. The van der Waals surface area contributed by atoms with Crippen LogP contribution in [0.2, 0.25) is 0 Å². The third kappa shape index (κ3) is 8.37. The minimum Gasteiger partial charge on any atom is -0.481 e. The van der Waals surface area contributed by atoms with E-state index >= 15 is 0 Å². The second kappa shape index (κ2) is 10.9. The number of hydrogen-bond acceptors (Lipinski definition) is 3. The van der Waals surface area contributed by atoms with Gasteiger partial charge >= 0.3 is 5.97 Å². The summed E-state index contributed by atoms with van der Waals surface area (Å²) in [5.41, 5.74) is 1.19. The van der Waals surface area contributed by atoms with Crippen LogP contribution in [0.3, 0.4) is 0 Å². The lowest BCUT2D eigenvalue weighted by Gasteiger charge is -2.31. The lowest BCUT2D eigenvalue weighted by molar-refractivity contribution is -0.410. The van der Waals surface area contributed by atoms with Crippen molar-refractivity contribution in [2.24, 2.45) is 0 Å². The molecule has 27 heavy (non-hydrogen) atoms. The van der Waals surface area contributed by atoms with Gasteiger partial charge in [0.15, 0.2) is 0 Å². The number of hydrogen-bond donors (Lipinski definition) is 1. The molecule has 0 heterocycles. The van der Waals surface area contributed by atoms with Gasteiger partial charge in [-0.1, -0.05) is 74.0 Å². The van der Waals surface area contributed by atoms with Crippen LogP contribution in [0.4, 0.5) is 0 Å². The topological polar surface area (TPSA) is 55.8 Å². The Balaban J connectivity index is 0.000000445. The number of benzene rings is 2. The van der Waals surface area contributed by atoms with Gasteiger partial charge in [-0.2, -0.15) is 0 Å². The van der Waals surface area contributed by atoms with Crippen molar-refractivity contribution in [3.8, 4) is 0 Å². The highest BCUT2D eigenvalue weighted by Gasteiger charge is 2.29. The molecule has 2 aromatic carbocycles. The van der Waals surface area contributed by atoms with Crippen LogP contribution >= 0.6 is 0 Å². The third-order valence-electron chi connectivity index (χ3n) is 4.14.